The molecule has 0 saturated carbocycles. The number of hydrogen-bond acceptors (Lipinski definition) is 6. The SMILES string of the molecule is O=C(Nc1cn2cc(C3CCOCC3)nc2cc1OCC1CCCOC1)c1cccc(C(F)F)n1. The second-order valence-corrected chi connectivity index (χ2v) is 8.97. The molecule has 1 amide bonds. The quantitative estimate of drug-likeness (QED) is 0.525. The summed E-state index contributed by atoms with van der Waals surface area (Å²) in [5, 5.41) is 2.79. The van der Waals surface area contributed by atoms with E-state index in [2.05, 4.69) is 10.3 Å². The van der Waals surface area contributed by atoms with E-state index >= 15 is 0 Å². The third-order valence-electron chi connectivity index (χ3n) is 6.42. The summed E-state index contributed by atoms with van der Waals surface area (Å²) in [5.74, 6) is 0.435. The molecule has 0 aromatic carbocycles. The standard InChI is InChI=1S/C25H28F2N4O4/c26-24(27)18-4-1-5-19(28-18)25(32)30-21-13-31-12-20(17-6-9-33-10-7-17)29-23(31)11-22(21)35-15-16-3-2-8-34-14-16/h1,4-5,11-13,16-17,24H,2-3,6-10,14-15H2,(H,30,32). The van der Waals surface area contributed by atoms with Gasteiger partial charge >= 0.3 is 0 Å². The van der Waals surface area contributed by atoms with Crippen molar-refractivity contribution in [3.63, 3.8) is 0 Å². The van der Waals surface area contributed by atoms with Crippen molar-refractivity contribution in [3.8, 4) is 5.75 Å². The number of carbonyl (C=O) groups excluding carboxylic acids is 1. The molecule has 2 saturated heterocycles. The summed E-state index contributed by atoms with van der Waals surface area (Å²) >= 11 is 0. The number of aromatic nitrogens is 3. The normalized spacial score (nSPS) is 19.2. The molecule has 3 aromatic heterocycles. The third kappa shape index (κ3) is 5.59. The molecule has 0 radical (unpaired) electrons. The fourth-order valence-corrected chi connectivity index (χ4v) is 4.47. The number of halogens is 2. The molecule has 1 unspecified atom stereocenters. The molecular weight excluding hydrogens is 458 g/mol. The lowest BCUT2D eigenvalue weighted by Crippen LogP contribution is -2.23. The third-order valence-corrected chi connectivity index (χ3v) is 6.42. The average Bonchev–Trinajstić information content (AvgIpc) is 3.31. The molecule has 2 aliphatic heterocycles. The number of alkyl halides is 2. The number of anilines is 1. The Labute approximate surface area is 201 Å². The number of amides is 1. The largest absolute Gasteiger partial charge is 0.491 e. The van der Waals surface area contributed by atoms with Crippen molar-refractivity contribution in [2.45, 2.75) is 38.0 Å². The molecule has 35 heavy (non-hydrogen) atoms. The average molecular weight is 487 g/mol. The van der Waals surface area contributed by atoms with E-state index in [1.165, 1.54) is 18.2 Å². The van der Waals surface area contributed by atoms with E-state index in [0.29, 0.717) is 49.4 Å². The van der Waals surface area contributed by atoms with Gasteiger partial charge in [0.15, 0.2) is 0 Å². The number of nitrogens with zero attached hydrogens (tertiary/aromatic N) is 3. The van der Waals surface area contributed by atoms with Crippen molar-refractivity contribution in [2.24, 2.45) is 5.92 Å². The van der Waals surface area contributed by atoms with Gasteiger partial charge in [-0.05, 0) is 37.8 Å². The zero-order valence-electron chi connectivity index (χ0n) is 19.3. The van der Waals surface area contributed by atoms with E-state index < -0.39 is 18.0 Å². The maximum absolute atomic E-state index is 13.1. The summed E-state index contributed by atoms with van der Waals surface area (Å²) in [6, 6.07) is 5.78. The predicted molar refractivity (Wildman–Crippen MR) is 124 cm³/mol. The maximum Gasteiger partial charge on any atom is 0.280 e. The zero-order chi connectivity index (χ0) is 24.2. The Morgan fingerprint density at radius 3 is 2.77 bits per heavy atom. The molecule has 1 N–H and O–H groups in total. The minimum Gasteiger partial charge on any atom is -0.491 e. The van der Waals surface area contributed by atoms with Gasteiger partial charge < -0.3 is 23.9 Å². The van der Waals surface area contributed by atoms with E-state index in [4.69, 9.17) is 19.2 Å². The highest BCUT2D eigenvalue weighted by Gasteiger charge is 2.22. The Morgan fingerprint density at radius 2 is 2.00 bits per heavy atom. The van der Waals surface area contributed by atoms with Gasteiger partial charge in [-0.2, -0.15) is 0 Å². The fourth-order valence-electron chi connectivity index (χ4n) is 4.47. The molecule has 0 bridgehead atoms. The molecule has 2 fully saturated rings. The number of rotatable bonds is 7. The van der Waals surface area contributed by atoms with Crippen molar-refractivity contribution in [1.29, 1.82) is 0 Å². The summed E-state index contributed by atoms with van der Waals surface area (Å²) in [4.78, 5) is 21.5. The summed E-state index contributed by atoms with van der Waals surface area (Å²) in [6.07, 6.45) is 4.74. The number of fused-ring (bicyclic) bond motifs is 1. The van der Waals surface area contributed by atoms with Crippen molar-refractivity contribution in [2.75, 3.05) is 38.4 Å². The molecule has 8 nitrogen and oxygen atoms in total. The van der Waals surface area contributed by atoms with Crippen molar-refractivity contribution >= 4 is 17.2 Å². The first kappa shape index (κ1) is 23.6. The topological polar surface area (TPSA) is 87.0 Å². The Hall–Kier alpha value is -3.11. The van der Waals surface area contributed by atoms with Crippen LogP contribution in [-0.4, -0.2) is 53.3 Å². The van der Waals surface area contributed by atoms with Crippen LogP contribution in [0.4, 0.5) is 14.5 Å². The first-order valence-electron chi connectivity index (χ1n) is 11.9. The Kier molecular flexibility index (Phi) is 7.19. The molecule has 0 aliphatic carbocycles. The molecule has 0 spiro atoms. The predicted octanol–water partition coefficient (Wildman–Crippen LogP) is 4.62. The molecular formula is C25H28F2N4O4. The summed E-state index contributed by atoms with van der Waals surface area (Å²) in [5.41, 5.74) is 1.55. The zero-order valence-corrected chi connectivity index (χ0v) is 19.3. The number of nitrogens with one attached hydrogen (secondary N) is 1. The number of carbonyl (C=O) groups is 1. The lowest BCUT2D eigenvalue weighted by Gasteiger charge is -2.23. The molecule has 5 heterocycles. The number of hydrogen-bond donors (Lipinski definition) is 1. The van der Waals surface area contributed by atoms with Gasteiger partial charge in [0.1, 0.15) is 28.5 Å². The first-order valence-corrected chi connectivity index (χ1v) is 11.9. The van der Waals surface area contributed by atoms with Gasteiger partial charge in [0.25, 0.3) is 12.3 Å². The highest BCUT2D eigenvalue weighted by atomic mass is 19.3. The van der Waals surface area contributed by atoms with E-state index in [-0.39, 0.29) is 11.6 Å². The maximum atomic E-state index is 13.1. The Morgan fingerprint density at radius 1 is 1.14 bits per heavy atom. The van der Waals surface area contributed by atoms with Gasteiger partial charge in [0, 0.05) is 50.1 Å². The van der Waals surface area contributed by atoms with Crippen LogP contribution in [0.5, 0.6) is 5.75 Å². The minimum absolute atomic E-state index is 0.0944. The minimum atomic E-state index is -2.76. The van der Waals surface area contributed by atoms with Gasteiger partial charge in [-0.1, -0.05) is 6.07 Å². The van der Waals surface area contributed by atoms with Gasteiger partial charge in [0.05, 0.1) is 18.9 Å². The van der Waals surface area contributed by atoms with E-state index in [1.54, 1.807) is 12.3 Å². The Bertz CT molecular complexity index is 1170. The van der Waals surface area contributed by atoms with Crippen molar-refractivity contribution in [3.05, 3.63) is 53.7 Å². The molecule has 3 aromatic rings. The monoisotopic (exact) mass is 486 g/mol. The van der Waals surface area contributed by atoms with E-state index in [9.17, 15) is 13.6 Å². The van der Waals surface area contributed by atoms with Crippen molar-refractivity contribution < 1.29 is 27.8 Å². The van der Waals surface area contributed by atoms with Crippen LogP contribution in [0.2, 0.25) is 0 Å². The van der Waals surface area contributed by atoms with Gasteiger partial charge in [-0.15, -0.1) is 0 Å². The molecule has 10 heteroatoms. The highest BCUT2D eigenvalue weighted by molar-refractivity contribution is 6.03. The lowest BCUT2D eigenvalue weighted by atomic mass is 9.97. The van der Waals surface area contributed by atoms with Crippen LogP contribution in [0.3, 0.4) is 0 Å². The van der Waals surface area contributed by atoms with Crippen LogP contribution in [0.25, 0.3) is 5.65 Å². The summed E-state index contributed by atoms with van der Waals surface area (Å²) < 4.78 is 45.1. The van der Waals surface area contributed by atoms with Crippen LogP contribution in [-0.2, 0) is 9.47 Å². The van der Waals surface area contributed by atoms with Gasteiger partial charge in [0.2, 0.25) is 0 Å². The highest BCUT2D eigenvalue weighted by Crippen LogP contribution is 2.31. The summed E-state index contributed by atoms with van der Waals surface area (Å²) in [7, 11) is 0. The Balaban J connectivity index is 1.42. The fraction of sp³-hybridized carbons (Fsp3) is 0.480. The number of pyridine rings is 2. The second-order valence-electron chi connectivity index (χ2n) is 8.97. The summed E-state index contributed by atoms with van der Waals surface area (Å²) in [6.45, 7) is 3.25. The molecule has 1 atom stereocenters. The van der Waals surface area contributed by atoms with Gasteiger partial charge in [-0.25, -0.2) is 18.7 Å². The smallest absolute Gasteiger partial charge is 0.280 e. The van der Waals surface area contributed by atoms with Crippen LogP contribution in [0.15, 0.2) is 36.7 Å². The van der Waals surface area contributed by atoms with E-state index in [1.807, 2.05) is 10.6 Å². The van der Waals surface area contributed by atoms with E-state index in [0.717, 1.165) is 38.0 Å². The number of ether oxygens (including phenoxy) is 3. The van der Waals surface area contributed by atoms with Crippen LogP contribution in [0.1, 0.15) is 59.9 Å². The first-order chi connectivity index (χ1) is 17.1. The molecule has 186 valence electrons. The molecule has 5 rings (SSSR count). The van der Waals surface area contributed by atoms with Crippen molar-refractivity contribution in [1.82, 2.24) is 14.4 Å². The van der Waals surface area contributed by atoms with Crippen LogP contribution in [0, 0.1) is 5.92 Å². The lowest BCUT2D eigenvalue weighted by molar-refractivity contribution is 0.0353. The second kappa shape index (κ2) is 10.7. The van der Waals surface area contributed by atoms with Gasteiger partial charge in [-0.3, -0.25) is 4.79 Å². The number of imidazole rings is 1. The molecule has 2 aliphatic rings. The van der Waals surface area contributed by atoms with Crippen LogP contribution >= 0.6 is 0 Å². The van der Waals surface area contributed by atoms with Crippen LogP contribution < -0.4 is 10.1 Å².